The summed E-state index contributed by atoms with van der Waals surface area (Å²) in [6.07, 6.45) is 11.0. The molecule has 0 amide bonds. The minimum Gasteiger partial charge on any atom is -0.294 e. The van der Waals surface area contributed by atoms with Gasteiger partial charge in [-0.3, -0.25) is 4.79 Å². The molecule has 4 aliphatic carbocycles. The van der Waals surface area contributed by atoms with E-state index >= 15 is 0 Å². The number of carbonyl (C=O) groups excluding carboxylic acids is 1. The number of hydrogen-bond donors (Lipinski definition) is 0. The van der Waals surface area contributed by atoms with E-state index in [9.17, 15) is 4.79 Å². The van der Waals surface area contributed by atoms with E-state index in [1.807, 2.05) is 0 Å². The molecule has 1 spiro atoms. The summed E-state index contributed by atoms with van der Waals surface area (Å²) < 4.78 is 0. The first-order valence-electron chi connectivity index (χ1n) is 9.41. The molecule has 0 aromatic rings. The van der Waals surface area contributed by atoms with Crippen molar-refractivity contribution in [2.45, 2.75) is 79.6 Å². The Labute approximate surface area is 135 Å². The largest absolute Gasteiger partial charge is 0.294 e. The molecule has 0 radical (unpaired) electrons. The van der Waals surface area contributed by atoms with E-state index in [0.29, 0.717) is 27.9 Å². The van der Waals surface area contributed by atoms with Gasteiger partial charge in [-0.25, -0.2) is 0 Å². The van der Waals surface area contributed by atoms with E-state index in [1.165, 1.54) is 32.1 Å². The zero-order valence-corrected chi connectivity index (χ0v) is 15.1. The van der Waals surface area contributed by atoms with Crippen LogP contribution in [0.1, 0.15) is 79.6 Å². The lowest BCUT2D eigenvalue weighted by Gasteiger charge is -2.65. The average Bonchev–Trinajstić information content (AvgIpc) is 2.74. The normalized spacial score (nSPS) is 52.8. The van der Waals surface area contributed by atoms with Gasteiger partial charge in [0.05, 0.1) is 0 Å². The molecule has 1 heteroatoms. The second kappa shape index (κ2) is 4.08. The number of fused-ring (bicyclic) bond motifs is 2. The summed E-state index contributed by atoms with van der Waals surface area (Å²) in [7, 11) is 0. The fourth-order valence-electron chi connectivity index (χ4n) is 7.43. The Kier molecular flexibility index (Phi) is 2.78. The summed E-state index contributed by atoms with van der Waals surface area (Å²) in [6.45, 7) is 12.2. The predicted octanol–water partition coefficient (Wildman–Crippen LogP) is 5.54. The van der Waals surface area contributed by atoms with Crippen LogP contribution < -0.4 is 0 Å². The quantitative estimate of drug-likeness (QED) is 0.573. The highest BCUT2D eigenvalue weighted by Crippen LogP contribution is 2.75. The summed E-state index contributed by atoms with van der Waals surface area (Å²) in [6, 6.07) is 0. The van der Waals surface area contributed by atoms with Crippen LogP contribution in [0.3, 0.4) is 0 Å². The molecule has 0 aromatic carbocycles. The molecule has 1 unspecified atom stereocenters. The molecule has 1 nitrogen and oxygen atoms in total. The fourth-order valence-corrected chi connectivity index (χ4v) is 7.43. The van der Waals surface area contributed by atoms with Gasteiger partial charge in [0.15, 0.2) is 5.78 Å². The van der Waals surface area contributed by atoms with Crippen molar-refractivity contribution in [3.8, 4) is 0 Å². The highest BCUT2D eigenvalue weighted by Gasteiger charge is 2.67. The van der Waals surface area contributed by atoms with Crippen LogP contribution in [0.4, 0.5) is 0 Å². The van der Waals surface area contributed by atoms with Gasteiger partial charge < -0.3 is 0 Å². The molecule has 122 valence electrons. The molecule has 4 aliphatic rings. The number of allylic oxidation sites excluding steroid dienone is 2. The van der Waals surface area contributed by atoms with E-state index in [4.69, 9.17) is 0 Å². The third kappa shape index (κ3) is 1.54. The third-order valence-corrected chi connectivity index (χ3v) is 8.67. The minimum atomic E-state index is -0.0598. The monoisotopic (exact) mass is 300 g/mol. The molecule has 22 heavy (non-hydrogen) atoms. The Morgan fingerprint density at radius 1 is 1.05 bits per heavy atom. The summed E-state index contributed by atoms with van der Waals surface area (Å²) in [5.41, 5.74) is 2.68. The summed E-state index contributed by atoms with van der Waals surface area (Å²) in [4.78, 5) is 12.7. The smallest absolute Gasteiger partial charge is 0.161 e. The Bertz CT molecular complexity index is 570. The maximum atomic E-state index is 12.7. The van der Waals surface area contributed by atoms with Crippen LogP contribution in [0.25, 0.3) is 0 Å². The number of carbonyl (C=O) groups is 1. The molecular weight excluding hydrogens is 268 g/mol. The Morgan fingerprint density at radius 3 is 2.50 bits per heavy atom. The van der Waals surface area contributed by atoms with Crippen molar-refractivity contribution < 1.29 is 4.79 Å². The van der Waals surface area contributed by atoms with Gasteiger partial charge in [-0.05, 0) is 72.7 Å². The zero-order chi connectivity index (χ0) is 16.0. The van der Waals surface area contributed by atoms with E-state index < -0.39 is 0 Å². The molecule has 0 aliphatic heterocycles. The maximum Gasteiger partial charge on any atom is 0.161 e. The second-order valence-corrected chi connectivity index (χ2v) is 10.2. The lowest BCUT2D eigenvalue weighted by atomic mass is 9.39. The summed E-state index contributed by atoms with van der Waals surface area (Å²) in [5, 5.41) is 0. The van der Waals surface area contributed by atoms with Crippen molar-refractivity contribution in [1.82, 2.24) is 0 Å². The topological polar surface area (TPSA) is 17.1 Å². The van der Waals surface area contributed by atoms with Crippen LogP contribution in [0.15, 0.2) is 11.6 Å². The second-order valence-electron chi connectivity index (χ2n) is 10.2. The highest BCUT2D eigenvalue weighted by atomic mass is 16.1. The Morgan fingerprint density at radius 2 is 1.77 bits per heavy atom. The predicted molar refractivity (Wildman–Crippen MR) is 90.5 cm³/mol. The molecule has 0 saturated heterocycles. The van der Waals surface area contributed by atoms with Crippen LogP contribution in [0.2, 0.25) is 0 Å². The Balaban J connectivity index is 1.91. The Hall–Kier alpha value is -0.590. The highest BCUT2D eigenvalue weighted by molar-refractivity contribution is 5.97. The number of rotatable bonds is 0. The average molecular weight is 300 g/mol. The third-order valence-electron chi connectivity index (χ3n) is 8.67. The van der Waals surface area contributed by atoms with Crippen LogP contribution in [-0.2, 0) is 4.79 Å². The SMILES string of the molecule is CC1C[C@H]2C(C)(C)CCC[C@]2(C)[C@@]23CC[C@@](C)(C2)C(=O)C=C13. The fraction of sp³-hybridized carbons (Fsp3) is 0.857. The van der Waals surface area contributed by atoms with E-state index in [0.717, 1.165) is 18.8 Å². The van der Waals surface area contributed by atoms with Gasteiger partial charge in [0.25, 0.3) is 0 Å². The summed E-state index contributed by atoms with van der Waals surface area (Å²) in [5.74, 6) is 1.85. The zero-order valence-electron chi connectivity index (χ0n) is 15.1. The van der Waals surface area contributed by atoms with E-state index in [-0.39, 0.29) is 5.41 Å². The van der Waals surface area contributed by atoms with Gasteiger partial charge in [-0.1, -0.05) is 46.6 Å². The van der Waals surface area contributed by atoms with Gasteiger partial charge in [-0.15, -0.1) is 0 Å². The van der Waals surface area contributed by atoms with Crippen LogP contribution in [-0.4, -0.2) is 5.78 Å². The first kappa shape index (κ1) is 15.0. The van der Waals surface area contributed by atoms with Crippen molar-refractivity contribution in [3.63, 3.8) is 0 Å². The molecule has 2 bridgehead atoms. The van der Waals surface area contributed by atoms with Crippen molar-refractivity contribution in [2.24, 2.45) is 33.5 Å². The van der Waals surface area contributed by atoms with Gasteiger partial charge in [0.2, 0.25) is 0 Å². The molecule has 0 heterocycles. The molecule has 0 aromatic heterocycles. The van der Waals surface area contributed by atoms with Crippen molar-refractivity contribution >= 4 is 5.78 Å². The van der Waals surface area contributed by atoms with Gasteiger partial charge in [-0.2, -0.15) is 0 Å². The lowest BCUT2D eigenvalue weighted by Crippen LogP contribution is -2.58. The molecule has 3 saturated carbocycles. The first-order valence-corrected chi connectivity index (χ1v) is 9.41. The standard InChI is InChI=1S/C21H32O/c1-14-11-16-18(2,3)7-6-8-20(16,5)21-10-9-19(4,13-21)17(22)12-15(14)21/h12,14,16H,6-11,13H2,1-5H3/t14?,16-,19-,20-,21-/m0/s1. The van der Waals surface area contributed by atoms with E-state index in [1.54, 1.807) is 5.57 Å². The molecule has 0 N–H and O–H groups in total. The summed E-state index contributed by atoms with van der Waals surface area (Å²) >= 11 is 0. The molecule has 3 fully saturated rings. The van der Waals surface area contributed by atoms with Crippen LogP contribution in [0.5, 0.6) is 0 Å². The maximum absolute atomic E-state index is 12.7. The van der Waals surface area contributed by atoms with Crippen molar-refractivity contribution in [2.75, 3.05) is 0 Å². The van der Waals surface area contributed by atoms with Crippen molar-refractivity contribution in [3.05, 3.63) is 11.6 Å². The molecule has 5 atom stereocenters. The van der Waals surface area contributed by atoms with Gasteiger partial charge >= 0.3 is 0 Å². The number of ketones is 1. The van der Waals surface area contributed by atoms with Crippen LogP contribution >= 0.6 is 0 Å². The van der Waals surface area contributed by atoms with Crippen molar-refractivity contribution in [1.29, 1.82) is 0 Å². The van der Waals surface area contributed by atoms with E-state index in [2.05, 4.69) is 40.7 Å². The van der Waals surface area contributed by atoms with Gasteiger partial charge in [0.1, 0.15) is 0 Å². The minimum absolute atomic E-state index is 0.0598. The first-order chi connectivity index (χ1) is 10.1. The molecular formula is C21H32O. The van der Waals surface area contributed by atoms with Crippen LogP contribution in [0, 0.1) is 33.5 Å². The lowest BCUT2D eigenvalue weighted by molar-refractivity contribution is -0.133. The van der Waals surface area contributed by atoms with Gasteiger partial charge in [0, 0.05) is 5.41 Å². The molecule has 4 rings (SSSR count). The number of hydrogen-bond acceptors (Lipinski definition) is 1.